The van der Waals surface area contributed by atoms with Crippen molar-refractivity contribution in [1.29, 1.82) is 0 Å². The molecule has 1 aliphatic heterocycles. The SMILES string of the molecule is CCOC(=O)C1=C(C)NC(=S)NC1c1ccc(OC(C)C(=O)N(C)C)c(OCC)c1. The lowest BCUT2D eigenvalue weighted by atomic mass is 9.95. The van der Waals surface area contributed by atoms with Gasteiger partial charge in [0.05, 0.1) is 24.8 Å². The summed E-state index contributed by atoms with van der Waals surface area (Å²) < 4.78 is 16.8. The van der Waals surface area contributed by atoms with Crippen LogP contribution in [0.2, 0.25) is 0 Å². The maximum atomic E-state index is 12.6. The highest BCUT2D eigenvalue weighted by Crippen LogP contribution is 2.35. The van der Waals surface area contributed by atoms with E-state index >= 15 is 0 Å². The lowest BCUT2D eigenvalue weighted by Gasteiger charge is -2.30. The summed E-state index contributed by atoms with van der Waals surface area (Å²) in [7, 11) is 3.35. The van der Waals surface area contributed by atoms with Crippen molar-refractivity contribution >= 4 is 29.2 Å². The van der Waals surface area contributed by atoms with E-state index in [9.17, 15) is 9.59 Å². The van der Waals surface area contributed by atoms with Gasteiger partial charge in [0, 0.05) is 19.8 Å². The Bertz CT molecular complexity index is 853. The Morgan fingerprint density at radius 2 is 1.90 bits per heavy atom. The molecule has 30 heavy (non-hydrogen) atoms. The number of benzene rings is 1. The highest BCUT2D eigenvalue weighted by atomic mass is 32.1. The molecule has 0 fully saturated rings. The molecule has 0 aliphatic carbocycles. The van der Waals surface area contributed by atoms with E-state index in [4.69, 9.17) is 26.4 Å². The summed E-state index contributed by atoms with van der Waals surface area (Å²) in [6.45, 7) is 7.75. The smallest absolute Gasteiger partial charge is 0.338 e. The Hall–Kier alpha value is -2.81. The number of ether oxygens (including phenoxy) is 3. The van der Waals surface area contributed by atoms with Gasteiger partial charge in [-0.05, 0) is 57.6 Å². The van der Waals surface area contributed by atoms with Gasteiger partial charge in [-0.15, -0.1) is 0 Å². The standard InChI is InChI=1S/C21H29N3O5S/c1-7-27-16-11-14(9-10-15(16)29-13(4)19(25)24(5)6)18-17(20(26)28-8-2)12(3)22-21(30)23-18/h9-11,13,18H,7-8H2,1-6H3,(H2,22,23,30). The van der Waals surface area contributed by atoms with Crippen LogP contribution in [0, 0.1) is 0 Å². The molecule has 2 unspecified atom stereocenters. The van der Waals surface area contributed by atoms with Crippen LogP contribution in [-0.4, -0.2) is 55.3 Å². The van der Waals surface area contributed by atoms with E-state index in [2.05, 4.69) is 10.6 Å². The number of carbonyl (C=O) groups excluding carboxylic acids is 2. The zero-order valence-corrected chi connectivity index (χ0v) is 19.0. The number of nitrogens with zero attached hydrogens (tertiary/aromatic N) is 1. The molecule has 2 rings (SSSR count). The molecule has 0 radical (unpaired) electrons. The Kier molecular flexibility index (Phi) is 8.05. The first kappa shape index (κ1) is 23.5. The first-order valence-electron chi connectivity index (χ1n) is 9.79. The average molecular weight is 436 g/mol. The maximum Gasteiger partial charge on any atom is 0.338 e. The van der Waals surface area contributed by atoms with Gasteiger partial charge in [0.2, 0.25) is 0 Å². The molecule has 1 amide bonds. The highest BCUT2D eigenvalue weighted by molar-refractivity contribution is 7.80. The summed E-state index contributed by atoms with van der Waals surface area (Å²) in [4.78, 5) is 26.2. The second kappa shape index (κ2) is 10.3. The van der Waals surface area contributed by atoms with Gasteiger partial charge in [0.25, 0.3) is 5.91 Å². The lowest BCUT2D eigenvalue weighted by molar-refractivity contribution is -0.139. The predicted molar refractivity (Wildman–Crippen MR) is 117 cm³/mol. The molecule has 2 N–H and O–H groups in total. The molecule has 1 aliphatic rings. The maximum absolute atomic E-state index is 12.6. The third kappa shape index (κ3) is 5.41. The normalized spacial score (nSPS) is 16.9. The van der Waals surface area contributed by atoms with E-state index in [1.54, 1.807) is 47.0 Å². The van der Waals surface area contributed by atoms with Gasteiger partial charge in [-0.2, -0.15) is 0 Å². The van der Waals surface area contributed by atoms with Crippen LogP contribution in [0.15, 0.2) is 29.5 Å². The molecule has 0 aromatic heterocycles. The first-order chi connectivity index (χ1) is 14.2. The van der Waals surface area contributed by atoms with Gasteiger partial charge in [-0.3, -0.25) is 4.79 Å². The van der Waals surface area contributed by atoms with Gasteiger partial charge in [0.1, 0.15) is 0 Å². The van der Waals surface area contributed by atoms with Crippen molar-refractivity contribution in [2.75, 3.05) is 27.3 Å². The fraction of sp³-hybridized carbons (Fsp3) is 0.476. The molecular weight excluding hydrogens is 406 g/mol. The molecule has 164 valence electrons. The quantitative estimate of drug-likeness (QED) is 0.475. The highest BCUT2D eigenvalue weighted by Gasteiger charge is 2.31. The Morgan fingerprint density at radius 1 is 1.20 bits per heavy atom. The minimum Gasteiger partial charge on any atom is -0.490 e. The summed E-state index contributed by atoms with van der Waals surface area (Å²) in [6.07, 6.45) is -0.674. The van der Waals surface area contributed by atoms with E-state index in [1.165, 1.54) is 4.90 Å². The zero-order valence-electron chi connectivity index (χ0n) is 18.2. The topological polar surface area (TPSA) is 89.1 Å². The Balaban J connectivity index is 2.42. The van der Waals surface area contributed by atoms with Gasteiger partial charge in [0.15, 0.2) is 22.7 Å². The van der Waals surface area contributed by atoms with E-state index in [0.29, 0.717) is 34.5 Å². The van der Waals surface area contributed by atoms with Gasteiger partial charge < -0.3 is 29.7 Å². The second-order valence-corrected chi connectivity index (χ2v) is 7.33. The number of amides is 1. The van der Waals surface area contributed by atoms with Crippen molar-refractivity contribution in [3.8, 4) is 11.5 Å². The minimum atomic E-state index is -0.674. The number of esters is 1. The van der Waals surface area contributed by atoms with Crippen molar-refractivity contribution in [1.82, 2.24) is 15.5 Å². The largest absolute Gasteiger partial charge is 0.490 e. The summed E-state index contributed by atoms with van der Waals surface area (Å²) in [5.41, 5.74) is 1.83. The third-order valence-corrected chi connectivity index (χ3v) is 4.68. The van der Waals surface area contributed by atoms with E-state index in [1.807, 2.05) is 13.0 Å². The van der Waals surface area contributed by atoms with Crippen LogP contribution in [0.4, 0.5) is 0 Å². The molecule has 1 aromatic rings. The zero-order chi connectivity index (χ0) is 22.4. The first-order valence-corrected chi connectivity index (χ1v) is 10.2. The summed E-state index contributed by atoms with van der Waals surface area (Å²) in [6, 6.07) is 4.81. The van der Waals surface area contributed by atoms with Crippen LogP contribution in [-0.2, 0) is 14.3 Å². The molecule has 0 spiro atoms. The number of nitrogens with one attached hydrogen (secondary N) is 2. The lowest BCUT2D eigenvalue weighted by Crippen LogP contribution is -2.45. The van der Waals surface area contributed by atoms with Crippen LogP contribution in [0.3, 0.4) is 0 Å². The molecule has 9 heteroatoms. The fourth-order valence-corrected chi connectivity index (χ4v) is 3.37. The number of hydrogen-bond acceptors (Lipinski definition) is 6. The average Bonchev–Trinajstić information content (AvgIpc) is 2.68. The molecule has 0 saturated heterocycles. The number of carbonyl (C=O) groups is 2. The number of rotatable bonds is 8. The van der Waals surface area contributed by atoms with E-state index in [0.717, 1.165) is 5.56 Å². The monoisotopic (exact) mass is 435 g/mol. The van der Waals surface area contributed by atoms with Crippen molar-refractivity contribution in [2.45, 2.75) is 39.8 Å². The van der Waals surface area contributed by atoms with Crippen molar-refractivity contribution in [3.63, 3.8) is 0 Å². The Morgan fingerprint density at radius 3 is 2.50 bits per heavy atom. The molecule has 1 heterocycles. The van der Waals surface area contributed by atoms with Crippen LogP contribution >= 0.6 is 12.2 Å². The van der Waals surface area contributed by atoms with E-state index in [-0.39, 0.29) is 12.5 Å². The Labute approximate surface area is 182 Å². The molecule has 0 saturated carbocycles. The second-order valence-electron chi connectivity index (χ2n) is 6.92. The number of thiocarbonyl (C=S) groups is 1. The molecule has 8 nitrogen and oxygen atoms in total. The minimum absolute atomic E-state index is 0.157. The molecule has 0 bridgehead atoms. The predicted octanol–water partition coefficient (Wildman–Crippen LogP) is 2.30. The van der Waals surface area contributed by atoms with Crippen LogP contribution in [0.25, 0.3) is 0 Å². The molecule has 1 aromatic carbocycles. The number of likely N-dealkylation sites (N-methyl/N-ethyl adjacent to an activating group) is 1. The number of allylic oxidation sites excluding steroid dienone is 1. The van der Waals surface area contributed by atoms with Gasteiger partial charge >= 0.3 is 5.97 Å². The van der Waals surface area contributed by atoms with Gasteiger partial charge in [-0.1, -0.05) is 6.07 Å². The van der Waals surface area contributed by atoms with Crippen molar-refractivity contribution < 1.29 is 23.8 Å². The van der Waals surface area contributed by atoms with E-state index < -0.39 is 18.1 Å². The molecular formula is C21H29N3O5S. The summed E-state index contributed by atoms with van der Waals surface area (Å²) >= 11 is 5.28. The summed E-state index contributed by atoms with van der Waals surface area (Å²) in [5.74, 6) is 0.333. The molecule has 2 atom stereocenters. The van der Waals surface area contributed by atoms with Gasteiger partial charge in [-0.25, -0.2) is 4.79 Å². The third-order valence-electron chi connectivity index (χ3n) is 4.46. The van der Waals surface area contributed by atoms with Crippen molar-refractivity contribution in [3.05, 3.63) is 35.0 Å². The number of hydrogen-bond donors (Lipinski definition) is 2. The van der Waals surface area contributed by atoms with Crippen LogP contribution in [0.5, 0.6) is 11.5 Å². The van der Waals surface area contributed by atoms with Crippen molar-refractivity contribution in [2.24, 2.45) is 0 Å². The summed E-state index contributed by atoms with van der Waals surface area (Å²) in [5, 5.41) is 6.50. The van der Waals surface area contributed by atoms with Crippen LogP contribution < -0.4 is 20.1 Å². The fourth-order valence-electron chi connectivity index (χ4n) is 3.10. The van der Waals surface area contributed by atoms with Crippen LogP contribution in [0.1, 0.15) is 39.3 Å².